The van der Waals surface area contributed by atoms with Crippen molar-refractivity contribution in [3.05, 3.63) is 41.1 Å². The molecule has 25 heavy (non-hydrogen) atoms. The van der Waals surface area contributed by atoms with E-state index in [0.717, 1.165) is 24.3 Å². The smallest absolute Gasteiger partial charge is 0.416 e. The highest BCUT2D eigenvalue weighted by Gasteiger charge is 2.35. The van der Waals surface area contributed by atoms with Crippen LogP contribution in [0.2, 0.25) is 0 Å². The maximum absolute atomic E-state index is 12.7. The van der Waals surface area contributed by atoms with E-state index >= 15 is 0 Å². The lowest BCUT2D eigenvalue weighted by Crippen LogP contribution is -2.42. The summed E-state index contributed by atoms with van der Waals surface area (Å²) in [5, 5.41) is 25.8. The van der Waals surface area contributed by atoms with Gasteiger partial charge in [0.05, 0.1) is 5.56 Å². The lowest BCUT2D eigenvalue weighted by molar-refractivity contribution is -0.787. The fourth-order valence-corrected chi connectivity index (χ4v) is 2.24. The number of rotatable bonds is 5. The molecular formula is C15H15BrF3N3O3. The lowest BCUT2D eigenvalue weighted by atomic mass is 10.0. The second-order valence-electron chi connectivity index (χ2n) is 5.46. The topological polar surface area (TPSA) is 85.6 Å². The average molecular weight is 422 g/mol. The Morgan fingerprint density at radius 2 is 1.96 bits per heavy atom. The van der Waals surface area contributed by atoms with E-state index in [1.54, 1.807) is 13.8 Å². The van der Waals surface area contributed by atoms with E-state index < -0.39 is 23.7 Å². The van der Waals surface area contributed by atoms with Crippen molar-refractivity contribution in [3.8, 4) is 0 Å². The molecule has 0 aliphatic carbocycles. The monoisotopic (exact) mass is 421 g/mol. The third-order valence-electron chi connectivity index (χ3n) is 3.32. The van der Waals surface area contributed by atoms with Crippen LogP contribution in [0, 0.1) is 0 Å². The highest BCUT2D eigenvalue weighted by atomic mass is 79.9. The molecule has 2 rings (SSSR count). The first kappa shape index (κ1) is 19.4. The first-order valence-corrected chi connectivity index (χ1v) is 8.34. The molecule has 0 amide bonds. The van der Waals surface area contributed by atoms with E-state index in [-0.39, 0.29) is 28.5 Å². The first-order chi connectivity index (χ1) is 11.6. The number of aliphatic imine (C=N–C) groups is 1. The third-order valence-corrected chi connectivity index (χ3v) is 3.80. The quantitative estimate of drug-likeness (QED) is 0.347. The molecule has 0 spiro atoms. The SMILES string of the molecule is CC(C)[n+]1noc(/N=C(/[O-])CBr)c1C(O)c1ccc(C(F)(F)F)cc1. The molecule has 2 aromatic rings. The Labute approximate surface area is 149 Å². The van der Waals surface area contributed by atoms with Crippen molar-refractivity contribution in [3.63, 3.8) is 0 Å². The Kier molecular flexibility index (Phi) is 5.83. The number of nitrogens with zero attached hydrogens (tertiary/aromatic N) is 3. The van der Waals surface area contributed by atoms with Gasteiger partial charge in [0.15, 0.2) is 12.1 Å². The van der Waals surface area contributed by atoms with Crippen LogP contribution in [0.4, 0.5) is 19.1 Å². The Balaban J connectivity index is 2.47. The van der Waals surface area contributed by atoms with Gasteiger partial charge >= 0.3 is 17.8 Å². The summed E-state index contributed by atoms with van der Waals surface area (Å²) in [5.74, 6) is -0.738. The van der Waals surface area contributed by atoms with Gasteiger partial charge in [0, 0.05) is 19.2 Å². The number of hydrogen-bond donors (Lipinski definition) is 1. The maximum Gasteiger partial charge on any atom is 0.416 e. The highest BCUT2D eigenvalue weighted by molar-refractivity contribution is 9.09. The highest BCUT2D eigenvalue weighted by Crippen LogP contribution is 2.32. The summed E-state index contributed by atoms with van der Waals surface area (Å²) in [6.45, 7) is 3.53. The molecule has 0 aliphatic heterocycles. The summed E-state index contributed by atoms with van der Waals surface area (Å²) in [6.07, 6.45) is -5.83. The van der Waals surface area contributed by atoms with Crippen molar-refractivity contribution in [2.75, 3.05) is 5.33 Å². The zero-order valence-corrected chi connectivity index (χ0v) is 14.9. The van der Waals surface area contributed by atoms with E-state index in [0.29, 0.717) is 0 Å². The van der Waals surface area contributed by atoms with Gasteiger partial charge in [0.2, 0.25) is 5.27 Å². The molecule has 1 aromatic heterocycles. The summed E-state index contributed by atoms with van der Waals surface area (Å²) in [4.78, 5) is 3.71. The molecule has 0 radical (unpaired) electrons. The Hall–Kier alpha value is -1.94. The molecule has 0 saturated heterocycles. The Bertz CT molecular complexity index is 758. The van der Waals surface area contributed by atoms with Crippen molar-refractivity contribution in [2.24, 2.45) is 4.99 Å². The van der Waals surface area contributed by atoms with Gasteiger partial charge in [-0.3, -0.25) is 4.52 Å². The minimum atomic E-state index is -4.47. The summed E-state index contributed by atoms with van der Waals surface area (Å²) < 4.78 is 44.3. The van der Waals surface area contributed by atoms with Crippen molar-refractivity contribution in [1.82, 2.24) is 5.27 Å². The second kappa shape index (κ2) is 7.52. The second-order valence-corrected chi connectivity index (χ2v) is 6.02. The van der Waals surface area contributed by atoms with Gasteiger partial charge in [-0.2, -0.15) is 13.2 Å². The zero-order valence-electron chi connectivity index (χ0n) is 13.3. The summed E-state index contributed by atoms with van der Waals surface area (Å²) in [7, 11) is 0. The summed E-state index contributed by atoms with van der Waals surface area (Å²) >= 11 is 2.96. The number of aromatic nitrogens is 2. The molecular weight excluding hydrogens is 407 g/mol. The molecule has 136 valence electrons. The molecule has 0 saturated carbocycles. The molecule has 1 N–H and O–H groups in total. The minimum absolute atomic E-state index is 0.0504. The molecule has 1 aromatic carbocycles. The number of hydrogen-bond acceptors (Lipinski definition) is 5. The van der Waals surface area contributed by atoms with E-state index in [4.69, 9.17) is 4.52 Å². The lowest BCUT2D eigenvalue weighted by Gasteiger charge is -2.11. The van der Waals surface area contributed by atoms with Crippen LogP contribution in [0.1, 0.15) is 42.8 Å². The normalized spacial score (nSPS) is 14.2. The number of aliphatic hydroxyl groups excluding tert-OH is 1. The Morgan fingerprint density at radius 1 is 1.36 bits per heavy atom. The van der Waals surface area contributed by atoms with E-state index in [1.807, 2.05) is 0 Å². The van der Waals surface area contributed by atoms with Gasteiger partial charge in [-0.25, -0.2) is 4.99 Å². The van der Waals surface area contributed by atoms with Crippen molar-refractivity contribution in [2.45, 2.75) is 32.2 Å². The molecule has 6 nitrogen and oxygen atoms in total. The van der Waals surface area contributed by atoms with Crippen LogP contribution >= 0.6 is 15.9 Å². The third kappa shape index (κ3) is 4.37. The van der Waals surface area contributed by atoms with Gasteiger partial charge in [-0.05, 0) is 28.3 Å². The molecule has 0 fully saturated rings. The minimum Gasteiger partial charge on any atom is -0.861 e. The fraction of sp³-hybridized carbons (Fsp3) is 0.400. The summed E-state index contributed by atoms with van der Waals surface area (Å²) in [6, 6.07) is 3.81. The van der Waals surface area contributed by atoms with Crippen LogP contribution in [0.15, 0.2) is 33.8 Å². The van der Waals surface area contributed by atoms with Crippen LogP contribution in [0.3, 0.4) is 0 Å². The van der Waals surface area contributed by atoms with Gasteiger partial charge in [0.25, 0.3) is 0 Å². The van der Waals surface area contributed by atoms with Crippen molar-refractivity contribution in [1.29, 1.82) is 0 Å². The number of benzene rings is 1. The molecule has 1 unspecified atom stereocenters. The molecule has 10 heteroatoms. The molecule has 1 heterocycles. The number of aliphatic hydroxyl groups is 1. The fourth-order valence-electron chi connectivity index (χ4n) is 2.12. The predicted octanol–water partition coefficient (Wildman–Crippen LogP) is 2.43. The van der Waals surface area contributed by atoms with Crippen molar-refractivity contribution < 1.29 is 32.6 Å². The zero-order chi connectivity index (χ0) is 18.8. The first-order valence-electron chi connectivity index (χ1n) is 7.22. The van der Waals surface area contributed by atoms with E-state index in [2.05, 4.69) is 26.2 Å². The molecule has 0 aliphatic rings. The standard InChI is InChI=1S/C15H15BrF3N3O3/c1-8(2)22-12(14(25-21-22)20-11(23)7-16)13(24)9-3-5-10(6-4-9)15(17,18)19/h3-6,8,13,24H,7H2,1-2H3. The summed E-state index contributed by atoms with van der Waals surface area (Å²) in [5.41, 5.74) is -0.553. The molecule has 0 bridgehead atoms. The Morgan fingerprint density at radius 3 is 2.44 bits per heavy atom. The molecule has 1 atom stereocenters. The van der Waals surface area contributed by atoms with Crippen LogP contribution in [-0.4, -0.2) is 21.6 Å². The van der Waals surface area contributed by atoms with E-state index in [1.165, 1.54) is 4.68 Å². The van der Waals surface area contributed by atoms with Crippen LogP contribution < -0.4 is 9.79 Å². The number of halogens is 4. The average Bonchev–Trinajstić information content (AvgIpc) is 2.97. The van der Waals surface area contributed by atoms with Crippen LogP contribution in [0.5, 0.6) is 0 Å². The van der Waals surface area contributed by atoms with Crippen LogP contribution in [0.25, 0.3) is 0 Å². The van der Waals surface area contributed by atoms with Gasteiger partial charge in [-0.15, -0.1) is 0 Å². The van der Waals surface area contributed by atoms with Crippen molar-refractivity contribution >= 4 is 27.7 Å². The maximum atomic E-state index is 12.7. The van der Waals surface area contributed by atoms with E-state index in [9.17, 15) is 23.4 Å². The van der Waals surface area contributed by atoms with Gasteiger partial charge < -0.3 is 10.2 Å². The largest absolute Gasteiger partial charge is 0.861 e. The van der Waals surface area contributed by atoms with Gasteiger partial charge in [0.1, 0.15) is 0 Å². The van der Waals surface area contributed by atoms with Crippen LogP contribution in [-0.2, 0) is 6.18 Å². The predicted molar refractivity (Wildman–Crippen MR) is 83.5 cm³/mol. The van der Waals surface area contributed by atoms with Gasteiger partial charge in [-0.1, -0.05) is 28.1 Å². The number of alkyl halides is 4.